The van der Waals surface area contributed by atoms with Crippen molar-refractivity contribution in [3.05, 3.63) is 41.1 Å². The molecular weight excluding hydrogens is 320 g/mol. The van der Waals surface area contributed by atoms with Crippen molar-refractivity contribution in [2.75, 3.05) is 24.5 Å². The average Bonchev–Trinajstić information content (AvgIpc) is 3.02. The molecule has 0 unspecified atom stereocenters. The van der Waals surface area contributed by atoms with Gasteiger partial charge in [-0.1, -0.05) is 13.0 Å². The van der Waals surface area contributed by atoms with Crippen LogP contribution in [-0.2, 0) is 11.2 Å². The number of piperazine rings is 1. The van der Waals surface area contributed by atoms with Gasteiger partial charge < -0.3 is 14.2 Å². The molecule has 1 aliphatic rings. The summed E-state index contributed by atoms with van der Waals surface area (Å²) in [5.74, 6) is -0.0941. The summed E-state index contributed by atoms with van der Waals surface area (Å²) in [4.78, 5) is 28.2. The number of carbonyl (C=O) groups excluding carboxylic acids is 2. The van der Waals surface area contributed by atoms with Gasteiger partial charge in [-0.2, -0.15) is 0 Å². The van der Waals surface area contributed by atoms with Crippen LogP contribution in [-0.4, -0.2) is 46.5 Å². The Morgan fingerprint density at radius 2 is 1.88 bits per heavy atom. The summed E-state index contributed by atoms with van der Waals surface area (Å²) >= 11 is 0. The fourth-order valence-corrected chi connectivity index (χ4v) is 3.02. The topological polar surface area (TPSA) is 79.5 Å². The quantitative estimate of drug-likeness (QED) is 0.850. The monoisotopic (exact) mass is 342 g/mol. The van der Waals surface area contributed by atoms with Crippen LogP contribution < -0.4 is 4.90 Å². The molecule has 0 bridgehead atoms. The Morgan fingerprint density at radius 1 is 1.16 bits per heavy atom. The van der Waals surface area contributed by atoms with Crippen LogP contribution in [0.15, 0.2) is 22.6 Å². The number of hydrogen-bond acceptors (Lipinski definition) is 5. The Balaban J connectivity index is 1.70. The lowest BCUT2D eigenvalue weighted by Gasteiger charge is -2.34. The van der Waals surface area contributed by atoms with E-state index in [1.165, 1.54) is 4.90 Å². The third-order valence-electron chi connectivity index (χ3n) is 4.14. The Hall–Kier alpha value is -2.70. The summed E-state index contributed by atoms with van der Waals surface area (Å²) in [5, 5.41) is 7.67. The number of anilines is 1. The van der Waals surface area contributed by atoms with Crippen molar-refractivity contribution in [2.45, 2.75) is 33.6 Å². The number of hydrogen-bond donors (Lipinski definition) is 0. The first-order valence-corrected chi connectivity index (χ1v) is 8.48. The van der Waals surface area contributed by atoms with Crippen LogP contribution in [0, 0.1) is 13.8 Å². The molecule has 7 heteroatoms. The van der Waals surface area contributed by atoms with E-state index in [0.717, 1.165) is 23.2 Å². The molecule has 0 saturated carbocycles. The Labute approximate surface area is 146 Å². The molecule has 0 spiro atoms. The molecule has 1 aromatic heterocycles. The first-order valence-electron chi connectivity index (χ1n) is 8.48. The van der Waals surface area contributed by atoms with Gasteiger partial charge in [-0.3, -0.25) is 9.59 Å². The zero-order chi connectivity index (χ0) is 18.0. The highest BCUT2D eigenvalue weighted by Gasteiger charge is 2.31. The Bertz CT molecular complexity index is 779. The standard InChI is InChI=1S/C18H22N4O3/c1-4-5-15-19-20-17(25-15)18(24)21-6-7-22(16(23)11-21)14-9-12(2)8-13(3)10-14/h8-10H,4-7,11H2,1-3H3. The first kappa shape index (κ1) is 17.1. The van der Waals surface area contributed by atoms with Crippen LogP contribution >= 0.6 is 0 Å². The SMILES string of the molecule is CCCc1nnc(C(=O)N2CCN(c3cc(C)cc(C)c3)C(=O)C2)o1. The van der Waals surface area contributed by atoms with Crippen molar-refractivity contribution in [1.29, 1.82) is 0 Å². The number of nitrogens with zero attached hydrogens (tertiary/aromatic N) is 4. The maximum atomic E-state index is 12.5. The van der Waals surface area contributed by atoms with Crippen LogP contribution in [0.25, 0.3) is 0 Å². The molecule has 7 nitrogen and oxygen atoms in total. The van der Waals surface area contributed by atoms with Crippen molar-refractivity contribution >= 4 is 17.5 Å². The van der Waals surface area contributed by atoms with Gasteiger partial charge >= 0.3 is 11.8 Å². The van der Waals surface area contributed by atoms with Crippen molar-refractivity contribution in [3.8, 4) is 0 Å². The second kappa shape index (κ2) is 7.04. The second-order valence-electron chi connectivity index (χ2n) is 6.37. The smallest absolute Gasteiger partial charge is 0.311 e. The van der Waals surface area contributed by atoms with Crippen molar-refractivity contribution in [1.82, 2.24) is 15.1 Å². The third-order valence-corrected chi connectivity index (χ3v) is 4.14. The Kier molecular flexibility index (Phi) is 4.83. The van der Waals surface area contributed by atoms with E-state index in [2.05, 4.69) is 16.3 Å². The van der Waals surface area contributed by atoms with Gasteiger partial charge in [0.2, 0.25) is 11.8 Å². The molecule has 2 amide bonds. The molecule has 1 fully saturated rings. The lowest BCUT2D eigenvalue weighted by molar-refractivity contribution is -0.120. The third kappa shape index (κ3) is 3.70. The van der Waals surface area contributed by atoms with E-state index >= 15 is 0 Å². The van der Waals surface area contributed by atoms with Gasteiger partial charge in [-0.05, 0) is 43.5 Å². The Morgan fingerprint density at radius 3 is 2.52 bits per heavy atom. The van der Waals surface area contributed by atoms with E-state index in [4.69, 9.17) is 4.42 Å². The maximum Gasteiger partial charge on any atom is 0.311 e. The average molecular weight is 342 g/mol. The van der Waals surface area contributed by atoms with Crippen LogP contribution in [0.1, 0.15) is 41.0 Å². The highest BCUT2D eigenvalue weighted by molar-refractivity contribution is 6.00. The molecule has 1 saturated heterocycles. The number of benzene rings is 1. The minimum absolute atomic E-state index is 0.0112. The molecule has 25 heavy (non-hydrogen) atoms. The highest BCUT2D eigenvalue weighted by atomic mass is 16.4. The summed E-state index contributed by atoms with van der Waals surface area (Å²) in [6.07, 6.45) is 1.50. The van der Waals surface area contributed by atoms with E-state index in [1.54, 1.807) is 4.90 Å². The molecule has 0 radical (unpaired) electrons. The molecule has 0 aliphatic carbocycles. The summed E-state index contributed by atoms with van der Waals surface area (Å²) < 4.78 is 5.38. The number of carbonyl (C=O) groups is 2. The lowest BCUT2D eigenvalue weighted by Crippen LogP contribution is -2.52. The molecule has 2 heterocycles. The molecule has 0 atom stereocenters. The molecule has 1 aromatic carbocycles. The van der Waals surface area contributed by atoms with Crippen LogP contribution in [0.4, 0.5) is 5.69 Å². The van der Waals surface area contributed by atoms with Gasteiger partial charge in [0.1, 0.15) is 6.54 Å². The zero-order valence-corrected chi connectivity index (χ0v) is 14.8. The molecule has 1 aliphatic heterocycles. The first-order chi connectivity index (χ1) is 12.0. The molecule has 3 rings (SSSR count). The number of rotatable bonds is 4. The van der Waals surface area contributed by atoms with Crippen molar-refractivity contribution in [2.24, 2.45) is 0 Å². The number of amides is 2. The molecule has 132 valence electrons. The number of aromatic nitrogens is 2. The predicted molar refractivity (Wildman–Crippen MR) is 92.5 cm³/mol. The molecule has 0 N–H and O–H groups in total. The maximum absolute atomic E-state index is 12.5. The van der Waals surface area contributed by atoms with E-state index < -0.39 is 0 Å². The summed E-state index contributed by atoms with van der Waals surface area (Å²) in [5.41, 5.74) is 3.09. The van der Waals surface area contributed by atoms with Gasteiger partial charge in [-0.15, -0.1) is 10.2 Å². The second-order valence-corrected chi connectivity index (χ2v) is 6.37. The van der Waals surface area contributed by atoms with Crippen LogP contribution in [0.2, 0.25) is 0 Å². The van der Waals surface area contributed by atoms with E-state index in [9.17, 15) is 9.59 Å². The molecular formula is C18H22N4O3. The van der Waals surface area contributed by atoms with Gasteiger partial charge in [0.05, 0.1) is 0 Å². The summed E-state index contributed by atoms with van der Waals surface area (Å²) in [6, 6.07) is 6.03. The van der Waals surface area contributed by atoms with E-state index in [1.807, 2.05) is 32.9 Å². The minimum Gasteiger partial charge on any atom is -0.417 e. The molecule has 2 aromatic rings. The lowest BCUT2D eigenvalue weighted by atomic mass is 10.1. The normalized spacial score (nSPS) is 14.9. The van der Waals surface area contributed by atoms with Crippen molar-refractivity contribution in [3.63, 3.8) is 0 Å². The number of aryl methyl sites for hydroxylation is 3. The van der Waals surface area contributed by atoms with E-state index in [0.29, 0.717) is 25.4 Å². The largest absolute Gasteiger partial charge is 0.417 e. The van der Waals surface area contributed by atoms with Gasteiger partial charge in [0.25, 0.3) is 0 Å². The van der Waals surface area contributed by atoms with Gasteiger partial charge in [0.15, 0.2) is 0 Å². The summed E-state index contributed by atoms with van der Waals surface area (Å²) in [7, 11) is 0. The van der Waals surface area contributed by atoms with Crippen LogP contribution in [0.5, 0.6) is 0 Å². The van der Waals surface area contributed by atoms with Crippen molar-refractivity contribution < 1.29 is 14.0 Å². The van der Waals surface area contributed by atoms with Crippen LogP contribution in [0.3, 0.4) is 0 Å². The van der Waals surface area contributed by atoms with Gasteiger partial charge in [0, 0.05) is 25.2 Å². The highest BCUT2D eigenvalue weighted by Crippen LogP contribution is 2.21. The van der Waals surface area contributed by atoms with E-state index in [-0.39, 0.29) is 24.2 Å². The fourth-order valence-electron chi connectivity index (χ4n) is 3.02. The predicted octanol–water partition coefficient (Wildman–Crippen LogP) is 2.13. The minimum atomic E-state index is -0.386. The summed E-state index contributed by atoms with van der Waals surface area (Å²) in [6.45, 7) is 6.90. The fraction of sp³-hybridized carbons (Fsp3) is 0.444. The zero-order valence-electron chi connectivity index (χ0n) is 14.8. The van der Waals surface area contributed by atoms with Gasteiger partial charge in [-0.25, -0.2) is 0 Å².